The van der Waals surface area contributed by atoms with Crippen LogP contribution < -0.4 is 0 Å². The highest BCUT2D eigenvalue weighted by atomic mass is 16.5. The molecule has 1 fully saturated rings. The van der Waals surface area contributed by atoms with Crippen molar-refractivity contribution in [2.45, 2.75) is 25.5 Å². The first kappa shape index (κ1) is 13.1. The van der Waals surface area contributed by atoms with Crippen LogP contribution in [0.3, 0.4) is 0 Å². The van der Waals surface area contributed by atoms with Gasteiger partial charge in [-0.25, -0.2) is 0 Å². The normalized spacial score (nSPS) is 22.6. The number of carbonyl (C=O) groups is 1. The first-order valence-electron chi connectivity index (χ1n) is 6.29. The van der Waals surface area contributed by atoms with Crippen molar-refractivity contribution in [2.24, 2.45) is 0 Å². The Bertz CT molecular complexity index is 393. The molecule has 0 spiro atoms. The molecular formula is C14H19NO3. The van der Waals surface area contributed by atoms with Gasteiger partial charge >= 0.3 is 5.97 Å². The summed E-state index contributed by atoms with van der Waals surface area (Å²) in [7, 11) is 0. The van der Waals surface area contributed by atoms with Gasteiger partial charge in [0.15, 0.2) is 0 Å². The number of ether oxygens (including phenoxy) is 1. The number of rotatable bonds is 4. The molecule has 0 radical (unpaired) electrons. The third kappa shape index (κ3) is 3.31. The summed E-state index contributed by atoms with van der Waals surface area (Å²) in [4.78, 5) is 13.3. The number of benzene rings is 1. The molecule has 2 unspecified atom stereocenters. The monoisotopic (exact) mass is 249 g/mol. The molecule has 1 aliphatic heterocycles. The van der Waals surface area contributed by atoms with E-state index in [2.05, 4.69) is 4.90 Å². The molecule has 98 valence electrons. The molecule has 0 saturated carbocycles. The first-order chi connectivity index (χ1) is 8.66. The maximum Gasteiger partial charge on any atom is 0.305 e. The van der Waals surface area contributed by atoms with Gasteiger partial charge in [-0.05, 0) is 12.5 Å². The van der Waals surface area contributed by atoms with Crippen LogP contribution in [0.15, 0.2) is 30.3 Å². The predicted molar refractivity (Wildman–Crippen MR) is 68.4 cm³/mol. The SMILES string of the molecule is CC1CN(C(CC(=O)O)c2ccccc2)CCO1. The second-order valence-electron chi connectivity index (χ2n) is 4.70. The third-order valence-electron chi connectivity index (χ3n) is 3.27. The Kier molecular flexibility index (Phi) is 4.33. The van der Waals surface area contributed by atoms with Gasteiger partial charge in [0.05, 0.1) is 19.1 Å². The van der Waals surface area contributed by atoms with Gasteiger partial charge in [-0.3, -0.25) is 9.69 Å². The van der Waals surface area contributed by atoms with Crippen LogP contribution in [0.25, 0.3) is 0 Å². The predicted octanol–water partition coefficient (Wildman–Crippen LogP) is 1.92. The van der Waals surface area contributed by atoms with Crippen LogP contribution >= 0.6 is 0 Å². The molecule has 18 heavy (non-hydrogen) atoms. The maximum atomic E-state index is 11.0. The Labute approximate surface area is 107 Å². The van der Waals surface area contributed by atoms with E-state index < -0.39 is 5.97 Å². The lowest BCUT2D eigenvalue weighted by Crippen LogP contribution is -2.43. The fraction of sp³-hybridized carbons (Fsp3) is 0.500. The average Bonchev–Trinajstić information content (AvgIpc) is 2.37. The van der Waals surface area contributed by atoms with E-state index in [4.69, 9.17) is 9.84 Å². The van der Waals surface area contributed by atoms with Gasteiger partial charge < -0.3 is 9.84 Å². The van der Waals surface area contributed by atoms with Gasteiger partial charge in [0.2, 0.25) is 0 Å². The summed E-state index contributed by atoms with van der Waals surface area (Å²) in [5.41, 5.74) is 1.06. The van der Waals surface area contributed by atoms with E-state index >= 15 is 0 Å². The van der Waals surface area contributed by atoms with E-state index in [9.17, 15) is 4.79 Å². The van der Waals surface area contributed by atoms with Crippen molar-refractivity contribution in [2.75, 3.05) is 19.7 Å². The van der Waals surface area contributed by atoms with Crippen molar-refractivity contribution in [3.8, 4) is 0 Å². The molecular weight excluding hydrogens is 230 g/mol. The molecule has 1 N–H and O–H groups in total. The molecule has 1 aliphatic rings. The summed E-state index contributed by atoms with van der Waals surface area (Å²) >= 11 is 0. The highest BCUT2D eigenvalue weighted by molar-refractivity contribution is 5.68. The lowest BCUT2D eigenvalue weighted by atomic mass is 10.0. The van der Waals surface area contributed by atoms with Gasteiger partial charge in [0.1, 0.15) is 0 Å². The zero-order valence-corrected chi connectivity index (χ0v) is 10.6. The van der Waals surface area contributed by atoms with Crippen molar-refractivity contribution >= 4 is 5.97 Å². The van der Waals surface area contributed by atoms with Gasteiger partial charge in [-0.15, -0.1) is 0 Å². The molecule has 4 heteroatoms. The summed E-state index contributed by atoms with van der Waals surface area (Å²) in [6, 6.07) is 9.78. The Morgan fingerprint density at radius 3 is 2.83 bits per heavy atom. The molecule has 1 heterocycles. The van der Waals surface area contributed by atoms with Crippen LogP contribution in [0.4, 0.5) is 0 Å². The topological polar surface area (TPSA) is 49.8 Å². The van der Waals surface area contributed by atoms with Crippen molar-refractivity contribution in [3.05, 3.63) is 35.9 Å². The molecule has 2 atom stereocenters. The Balaban J connectivity index is 2.16. The highest BCUT2D eigenvalue weighted by Crippen LogP contribution is 2.26. The minimum absolute atomic E-state index is 0.0601. The minimum atomic E-state index is -0.761. The van der Waals surface area contributed by atoms with Crippen molar-refractivity contribution < 1.29 is 14.6 Å². The average molecular weight is 249 g/mol. The van der Waals surface area contributed by atoms with Gasteiger partial charge in [-0.2, -0.15) is 0 Å². The zero-order valence-electron chi connectivity index (χ0n) is 10.6. The molecule has 0 aromatic heterocycles. The van der Waals surface area contributed by atoms with E-state index in [1.807, 2.05) is 37.3 Å². The molecule has 0 aliphatic carbocycles. The van der Waals surface area contributed by atoms with Crippen LogP contribution in [-0.2, 0) is 9.53 Å². The highest BCUT2D eigenvalue weighted by Gasteiger charge is 2.27. The Morgan fingerprint density at radius 2 is 2.22 bits per heavy atom. The van der Waals surface area contributed by atoms with E-state index in [1.54, 1.807) is 0 Å². The van der Waals surface area contributed by atoms with Crippen LogP contribution in [0.2, 0.25) is 0 Å². The number of morpholine rings is 1. The first-order valence-corrected chi connectivity index (χ1v) is 6.29. The third-order valence-corrected chi connectivity index (χ3v) is 3.27. The molecule has 2 rings (SSSR count). The minimum Gasteiger partial charge on any atom is -0.481 e. The maximum absolute atomic E-state index is 11.0. The second kappa shape index (κ2) is 5.98. The van der Waals surface area contributed by atoms with Crippen LogP contribution in [0, 0.1) is 0 Å². The van der Waals surface area contributed by atoms with Crippen molar-refractivity contribution in [1.29, 1.82) is 0 Å². The van der Waals surface area contributed by atoms with Gasteiger partial charge in [-0.1, -0.05) is 30.3 Å². The Morgan fingerprint density at radius 1 is 1.50 bits per heavy atom. The zero-order chi connectivity index (χ0) is 13.0. The van der Waals surface area contributed by atoms with Crippen LogP contribution in [0.5, 0.6) is 0 Å². The number of nitrogens with zero attached hydrogens (tertiary/aromatic N) is 1. The molecule has 0 amide bonds. The number of hydrogen-bond acceptors (Lipinski definition) is 3. The van der Waals surface area contributed by atoms with Crippen LogP contribution in [0.1, 0.15) is 24.9 Å². The fourth-order valence-corrected chi connectivity index (χ4v) is 2.43. The Hall–Kier alpha value is -1.39. The molecule has 1 saturated heterocycles. The van der Waals surface area contributed by atoms with Crippen LogP contribution in [-0.4, -0.2) is 41.8 Å². The molecule has 1 aromatic rings. The number of hydrogen-bond donors (Lipinski definition) is 1. The molecule has 0 bridgehead atoms. The number of carboxylic acid groups (broad SMARTS) is 1. The quantitative estimate of drug-likeness (QED) is 0.885. The number of aliphatic carboxylic acids is 1. The summed E-state index contributed by atoms with van der Waals surface area (Å²) in [6.07, 6.45) is 0.301. The standard InChI is InChI=1S/C14H19NO3/c1-11-10-15(7-8-18-11)13(9-14(16)17)12-5-3-2-4-6-12/h2-6,11,13H,7-10H2,1H3,(H,16,17). The summed E-state index contributed by atoms with van der Waals surface area (Å²) in [5, 5.41) is 9.08. The van der Waals surface area contributed by atoms with E-state index in [1.165, 1.54) is 0 Å². The van der Waals surface area contributed by atoms with Crippen molar-refractivity contribution in [3.63, 3.8) is 0 Å². The largest absolute Gasteiger partial charge is 0.481 e. The van der Waals surface area contributed by atoms with E-state index in [-0.39, 0.29) is 18.6 Å². The van der Waals surface area contributed by atoms with Crippen molar-refractivity contribution in [1.82, 2.24) is 4.90 Å². The van der Waals surface area contributed by atoms with E-state index in [0.29, 0.717) is 6.61 Å². The molecule has 4 nitrogen and oxygen atoms in total. The summed E-state index contributed by atoms with van der Waals surface area (Å²) in [5.74, 6) is -0.761. The lowest BCUT2D eigenvalue weighted by Gasteiger charge is -2.36. The fourth-order valence-electron chi connectivity index (χ4n) is 2.43. The number of carboxylic acids is 1. The van der Waals surface area contributed by atoms with Gasteiger partial charge in [0, 0.05) is 19.1 Å². The van der Waals surface area contributed by atoms with Gasteiger partial charge in [0.25, 0.3) is 0 Å². The molecule has 1 aromatic carbocycles. The lowest BCUT2D eigenvalue weighted by molar-refractivity contribution is -0.139. The second-order valence-corrected chi connectivity index (χ2v) is 4.70. The smallest absolute Gasteiger partial charge is 0.305 e. The van der Waals surface area contributed by atoms with E-state index in [0.717, 1.165) is 18.7 Å². The summed E-state index contributed by atoms with van der Waals surface area (Å²) < 4.78 is 5.51. The summed E-state index contributed by atoms with van der Waals surface area (Å²) in [6.45, 7) is 4.27.